The van der Waals surface area contributed by atoms with E-state index in [-0.39, 0.29) is 30.1 Å². The molecule has 4 aromatic carbocycles. The maximum Gasteiger partial charge on any atom is 0.319 e. The summed E-state index contributed by atoms with van der Waals surface area (Å²) in [5.74, 6) is -0.0269. The number of piperazine rings is 1. The summed E-state index contributed by atoms with van der Waals surface area (Å²) in [5, 5.41) is 15.1. The Morgan fingerprint density at radius 2 is 1.58 bits per heavy atom. The van der Waals surface area contributed by atoms with Crippen molar-refractivity contribution >= 4 is 28.6 Å². The van der Waals surface area contributed by atoms with Crippen molar-refractivity contribution < 1.29 is 19.5 Å². The molecule has 1 saturated carbocycles. The highest BCUT2D eigenvalue weighted by Crippen LogP contribution is 2.52. The van der Waals surface area contributed by atoms with Crippen molar-refractivity contribution in [2.24, 2.45) is 5.41 Å². The first kappa shape index (κ1) is 27.0. The minimum atomic E-state index is -0.770. The van der Waals surface area contributed by atoms with Crippen molar-refractivity contribution in [2.45, 2.75) is 44.6 Å². The number of fused-ring (bicyclic) bond motifs is 2. The Labute approximate surface area is 250 Å². The van der Waals surface area contributed by atoms with Crippen LogP contribution in [0.15, 0.2) is 97.1 Å². The molecule has 8 nitrogen and oxygen atoms in total. The first-order valence-electron chi connectivity index (χ1n) is 14.9. The van der Waals surface area contributed by atoms with Gasteiger partial charge in [0.1, 0.15) is 18.0 Å². The Hall–Kier alpha value is -4.85. The van der Waals surface area contributed by atoms with E-state index in [0.717, 1.165) is 27.5 Å². The summed E-state index contributed by atoms with van der Waals surface area (Å²) in [6.45, 7) is 1.32. The van der Waals surface area contributed by atoms with E-state index in [1.807, 2.05) is 59.5 Å². The monoisotopic (exact) mass is 574 g/mol. The van der Waals surface area contributed by atoms with Crippen LogP contribution in [0, 0.1) is 5.41 Å². The second-order valence-electron chi connectivity index (χ2n) is 12.0. The molecule has 2 atom stereocenters. The lowest BCUT2D eigenvalue weighted by atomic mass is 9.92. The summed E-state index contributed by atoms with van der Waals surface area (Å²) in [5.41, 5.74) is 2.21. The van der Waals surface area contributed by atoms with Crippen molar-refractivity contribution in [2.75, 3.05) is 13.1 Å². The van der Waals surface area contributed by atoms with Crippen molar-refractivity contribution in [3.63, 3.8) is 0 Å². The maximum absolute atomic E-state index is 14.3. The van der Waals surface area contributed by atoms with Crippen LogP contribution < -0.4 is 5.32 Å². The normalized spacial score (nSPS) is 20.8. The molecule has 1 aliphatic carbocycles. The third-order valence-corrected chi connectivity index (χ3v) is 9.17. The molecule has 8 heteroatoms. The van der Waals surface area contributed by atoms with E-state index in [4.69, 9.17) is 0 Å². The standard InChI is InChI=1S/C35H34N4O4/c40-28-15-13-24(14-16-28)19-30-32(41)37(21-27-11-6-10-26-9-4-5-12-29(26)27)22-31-38(23-35(17-18-35)33(42)39(30)31)34(43)36-20-25-7-2-1-3-8-25/h1-16,30-31,40H,17-23H2,(H,36,43). The molecule has 7 rings (SSSR count). The number of carbonyl (C=O) groups excluding carboxylic acids is 3. The van der Waals surface area contributed by atoms with Crippen LogP contribution in [0.5, 0.6) is 5.75 Å². The quantitative estimate of drug-likeness (QED) is 0.351. The highest BCUT2D eigenvalue weighted by molar-refractivity contribution is 5.95. The third-order valence-electron chi connectivity index (χ3n) is 9.17. The number of phenols is 1. The Morgan fingerprint density at radius 3 is 2.35 bits per heavy atom. The van der Waals surface area contributed by atoms with Crippen molar-refractivity contribution in [1.29, 1.82) is 0 Å². The van der Waals surface area contributed by atoms with Crippen molar-refractivity contribution in [1.82, 2.24) is 20.0 Å². The lowest BCUT2D eigenvalue weighted by Gasteiger charge is -2.54. The predicted molar refractivity (Wildman–Crippen MR) is 163 cm³/mol. The predicted octanol–water partition coefficient (Wildman–Crippen LogP) is 4.66. The fraction of sp³-hybridized carbons (Fsp3) is 0.286. The van der Waals surface area contributed by atoms with Gasteiger partial charge >= 0.3 is 6.03 Å². The van der Waals surface area contributed by atoms with Gasteiger partial charge in [-0.25, -0.2) is 4.79 Å². The van der Waals surface area contributed by atoms with E-state index >= 15 is 0 Å². The molecule has 1 spiro atoms. The highest BCUT2D eigenvalue weighted by atomic mass is 16.3. The summed E-state index contributed by atoms with van der Waals surface area (Å²) in [6, 6.07) is 29.7. The van der Waals surface area contributed by atoms with Gasteiger partial charge in [-0.1, -0.05) is 84.9 Å². The molecule has 4 aromatic rings. The smallest absolute Gasteiger partial charge is 0.319 e. The number of urea groups is 1. The molecule has 218 valence electrons. The molecule has 0 bridgehead atoms. The van der Waals surface area contributed by atoms with Gasteiger partial charge in [0, 0.05) is 26.1 Å². The second-order valence-corrected chi connectivity index (χ2v) is 12.0. The minimum absolute atomic E-state index is 0.0356. The summed E-state index contributed by atoms with van der Waals surface area (Å²) < 4.78 is 0. The summed E-state index contributed by atoms with van der Waals surface area (Å²) >= 11 is 0. The van der Waals surface area contributed by atoms with Crippen LogP contribution in [-0.2, 0) is 29.1 Å². The second kappa shape index (κ2) is 10.8. The molecule has 3 aliphatic rings. The SMILES string of the molecule is O=C1C(Cc2ccc(O)cc2)N2C(=O)C3(CC3)CN(C(=O)NCc3ccccc3)C2CN1Cc1cccc2ccccc12. The Bertz CT molecular complexity index is 1680. The Balaban J connectivity index is 1.24. The van der Waals surface area contributed by atoms with E-state index in [1.54, 1.807) is 34.1 Å². The summed E-state index contributed by atoms with van der Waals surface area (Å²) in [4.78, 5) is 47.5. The van der Waals surface area contributed by atoms with E-state index in [2.05, 4.69) is 23.5 Å². The van der Waals surface area contributed by atoms with Crippen LogP contribution in [0.3, 0.4) is 0 Å². The molecule has 4 amide bonds. The zero-order valence-corrected chi connectivity index (χ0v) is 23.9. The van der Waals surface area contributed by atoms with Crippen LogP contribution in [0.4, 0.5) is 4.79 Å². The first-order chi connectivity index (χ1) is 20.9. The van der Waals surface area contributed by atoms with E-state index < -0.39 is 17.6 Å². The molecule has 2 N–H and O–H groups in total. The van der Waals surface area contributed by atoms with E-state index in [0.29, 0.717) is 38.9 Å². The highest BCUT2D eigenvalue weighted by Gasteiger charge is 2.62. The fourth-order valence-corrected chi connectivity index (χ4v) is 6.64. The fourth-order valence-electron chi connectivity index (χ4n) is 6.64. The van der Waals surface area contributed by atoms with Crippen LogP contribution in [0.25, 0.3) is 10.8 Å². The van der Waals surface area contributed by atoms with Gasteiger partial charge in [-0.2, -0.15) is 0 Å². The van der Waals surface area contributed by atoms with Gasteiger partial charge in [0.25, 0.3) is 0 Å². The molecule has 0 aromatic heterocycles. The van der Waals surface area contributed by atoms with E-state index in [1.165, 1.54) is 0 Å². The number of aromatic hydroxyl groups is 1. The number of rotatable bonds is 6. The van der Waals surface area contributed by atoms with Gasteiger partial charge in [-0.15, -0.1) is 0 Å². The topological polar surface area (TPSA) is 93.2 Å². The molecule has 2 saturated heterocycles. The van der Waals surface area contributed by atoms with Crippen LogP contribution in [-0.4, -0.2) is 62.9 Å². The average molecular weight is 575 g/mol. The number of phenolic OH excluding ortho intramolecular Hbond substituents is 1. The van der Waals surface area contributed by atoms with Crippen LogP contribution in [0.2, 0.25) is 0 Å². The third kappa shape index (κ3) is 5.07. The van der Waals surface area contributed by atoms with Gasteiger partial charge in [0.2, 0.25) is 11.8 Å². The summed E-state index contributed by atoms with van der Waals surface area (Å²) in [6.07, 6.45) is 1.11. The van der Waals surface area contributed by atoms with Gasteiger partial charge in [0.05, 0.1) is 12.0 Å². The molecule has 2 heterocycles. The molecular formula is C35H34N4O4. The average Bonchev–Trinajstić information content (AvgIpc) is 3.82. The van der Waals surface area contributed by atoms with Gasteiger partial charge in [-0.3, -0.25) is 9.59 Å². The number of amides is 4. The first-order valence-corrected chi connectivity index (χ1v) is 14.9. The van der Waals surface area contributed by atoms with Crippen molar-refractivity contribution in [3.05, 3.63) is 114 Å². The molecule has 0 radical (unpaired) electrons. The zero-order chi connectivity index (χ0) is 29.6. The largest absolute Gasteiger partial charge is 0.508 e. The number of carbonyl (C=O) groups is 3. The number of nitrogens with one attached hydrogen (secondary N) is 1. The van der Waals surface area contributed by atoms with Gasteiger partial charge in [-0.05, 0) is 52.4 Å². The molecule has 43 heavy (non-hydrogen) atoms. The Morgan fingerprint density at radius 1 is 0.860 bits per heavy atom. The van der Waals surface area contributed by atoms with Gasteiger partial charge in [0.15, 0.2) is 0 Å². The lowest BCUT2D eigenvalue weighted by molar-refractivity contribution is -0.173. The zero-order valence-electron chi connectivity index (χ0n) is 23.9. The number of hydrogen-bond donors (Lipinski definition) is 2. The van der Waals surface area contributed by atoms with Crippen molar-refractivity contribution in [3.8, 4) is 5.75 Å². The van der Waals surface area contributed by atoms with Crippen LogP contribution in [0.1, 0.15) is 29.5 Å². The maximum atomic E-state index is 14.3. The molecule has 2 unspecified atom stereocenters. The molecule has 2 aliphatic heterocycles. The Kier molecular flexibility index (Phi) is 6.76. The number of benzene rings is 4. The lowest BCUT2D eigenvalue weighted by Crippen LogP contribution is -2.74. The van der Waals surface area contributed by atoms with Crippen LogP contribution >= 0.6 is 0 Å². The number of hydrogen-bond acceptors (Lipinski definition) is 4. The minimum Gasteiger partial charge on any atom is -0.508 e. The van der Waals surface area contributed by atoms with Gasteiger partial charge < -0.3 is 25.1 Å². The summed E-state index contributed by atoms with van der Waals surface area (Å²) in [7, 11) is 0. The van der Waals surface area contributed by atoms with E-state index in [9.17, 15) is 19.5 Å². The number of nitrogens with zero attached hydrogens (tertiary/aromatic N) is 3. The molecular weight excluding hydrogens is 540 g/mol. The molecule has 3 fully saturated rings.